The molecule has 1 atom stereocenters. The molecule has 1 aromatic carbocycles. The summed E-state index contributed by atoms with van der Waals surface area (Å²) in [5, 5.41) is 0. The van der Waals surface area contributed by atoms with Gasteiger partial charge in [-0.1, -0.05) is 18.7 Å². The third-order valence-corrected chi connectivity index (χ3v) is 3.32. The van der Waals surface area contributed by atoms with Crippen LogP contribution >= 0.6 is 11.6 Å². The van der Waals surface area contributed by atoms with Gasteiger partial charge < -0.3 is 4.74 Å². The van der Waals surface area contributed by atoms with E-state index in [0.29, 0.717) is 0 Å². The van der Waals surface area contributed by atoms with Crippen molar-refractivity contribution in [3.63, 3.8) is 0 Å². The Morgan fingerprint density at radius 1 is 1.40 bits per heavy atom. The summed E-state index contributed by atoms with van der Waals surface area (Å²) in [4.78, 5) is 37.5. The number of alkyl halides is 1. The highest BCUT2D eigenvalue weighted by atomic mass is 35.5. The topological polar surface area (TPSA) is 63.7 Å². The normalized spacial score (nSPS) is 16.8. The highest BCUT2D eigenvalue weighted by Gasteiger charge is 2.44. The molecule has 2 rings (SSSR count). The summed E-state index contributed by atoms with van der Waals surface area (Å²) >= 11 is 5.70. The third kappa shape index (κ3) is 2.10. The maximum Gasteiger partial charge on any atom is 0.333 e. The van der Waals surface area contributed by atoms with Crippen LogP contribution in [-0.4, -0.2) is 41.7 Å². The van der Waals surface area contributed by atoms with Crippen LogP contribution in [0.25, 0.3) is 0 Å². The fourth-order valence-corrected chi connectivity index (χ4v) is 2.20. The molecule has 0 spiro atoms. The van der Waals surface area contributed by atoms with Gasteiger partial charge in [-0.2, -0.15) is 0 Å². The maximum absolute atomic E-state index is 12.4. The lowest BCUT2D eigenvalue weighted by atomic mass is 10.1. The summed E-state index contributed by atoms with van der Waals surface area (Å²) in [7, 11) is 1.14. The summed E-state index contributed by atoms with van der Waals surface area (Å²) in [5.74, 6) is -2.19. The van der Waals surface area contributed by atoms with E-state index in [9.17, 15) is 14.4 Å². The predicted octanol–water partition coefficient (Wildman–Crippen LogP) is 1.62. The van der Waals surface area contributed by atoms with Gasteiger partial charge >= 0.3 is 5.97 Å². The maximum atomic E-state index is 12.4. The van der Waals surface area contributed by atoms with Crippen molar-refractivity contribution in [2.75, 3.05) is 13.0 Å². The van der Waals surface area contributed by atoms with E-state index in [0.717, 1.165) is 18.6 Å². The van der Waals surface area contributed by atoms with Crippen LogP contribution in [0.3, 0.4) is 0 Å². The number of rotatable bonds is 4. The molecule has 20 heavy (non-hydrogen) atoms. The van der Waals surface area contributed by atoms with E-state index in [2.05, 4.69) is 4.74 Å². The van der Waals surface area contributed by atoms with E-state index in [1.165, 1.54) is 12.1 Å². The minimum Gasteiger partial charge on any atom is -0.467 e. The Bertz CT molecular complexity index is 609. The highest BCUT2D eigenvalue weighted by molar-refractivity contribution is 6.24. The zero-order chi connectivity index (χ0) is 15.6. The first kappa shape index (κ1) is 12.9. The Labute approximate surface area is 122 Å². The number of carbonyl (C=O) groups is 3. The standard InChI is InChI=1S/C14H12ClNO4/c1-8(7-15)11(14(19)20-2)16-12(17)9-5-3-4-6-10(9)13(16)18/h3-6,11H,1,7H2,2H3/t11-/m0/s1/i1D. The lowest BCUT2D eigenvalue weighted by Gasteiger charge is -2.24. The zero-order valence-electron chi connectivity index (χ0n) is 11.6. The van der Waals surface area contributed by atoms with Gasteiger partial charge in [0.25, 0.3) is 11.8 Å². The summed E-state index contributed by atoms with van der Waals surface area (Å²) in [6, 6.07) is 4.95. The van der Waals surface area contributed by atoms with Crippen molar-refractivity contribution in [2.45, 2.75) is 6.04 Å². The van der Waals surface area contributed by atoms with E-state index < -0.39 is 23.8 Å². The molecule has 5 nitrogen and oxygen atoms in total. The largest absolute Gasteiger partial charge is 0.467 e. The van der Waals surface area contributed by atoms with Crippen molar-refractivity contribution in [3.8, 4) is 0 Å². The van der Waals surface area contributed by atoms with Crippen molar-refractivity contribution < 1.29 is 20.5 Å². The number of esters is 1. The molecular weight excluding hydrogens is 282 g/mol. The molecule has 0 aromatic heterocycles. The Balaban J connectivity index is 2.51. The number of ether oxygens (including phenoxy) is 1. The number of hydrogen-bond donors (Lipinski definition) is 0. The second-order valence-electron chi connectivity index (χ2n) is 4.16. The van der Waals surface area contributed by atoms with Crippen LogP contribution < -0.4 is 0 Å². The van der Waals surface area contributed by atoms with E-state index in [1.54, 1.807) is 12.1 Å². The van der Waals surface area contributed by atoms with Crippen LogP contribution in [0.15, 0.2) is 36.4 Å². The molecule has 0 N–H and O–H groups in total. The van der Waals surface area contributed by atoms with E-state index in [-0.39, 0.29) is 22.6 Å². The van der Waals surface area contributed by atoms with E-state index in [1.807, 2.05) is 0 Å². The predicted molar refractivity (Wildman–Crippen MR) is 72.6 cm³/mol. The Hall–Kier alpha value is -2.14. The van der Waals surface area contributed by atoms with E-state index in [4.69, 9.17) is 13.0 Å². The SMILES string of the molecule is [2H]C=C(CCl)[C@@H](C(=O)OC)N1C(=O)c2ccccc2C1=O. The van der Waals surface area contributed by atoms with Crippen LogP contribution in [0.5, 0.6) is 0 Å². The van der Waals surface area contributed by atoms with Crippen molar-refractivity contribution >= 4 is 29.4 Å². The third-order valence-electron chi connectivity index (χ3n) is 3.01. The van der Waals surface area contributed by atoms with Gasteiger partial charge in [0.05, 0.1) is 19.6 Å². The molecule has 1 aliphatic rings. The molecule has 6 heteroatoms. The fourth-order valence-electron chi connectivity index (χ4n) is 2.05. The lowest BCUT2D eigenvalue weighted by molar-refractivity contribution is -0.143. The molecule has 1 heterocycles. The average Bonchev–Trinajstić information content (AvgIpc) is 2.76. The molecule has 1 aliphatic heterocycles. The number of fused-ring (bicyclic) bond motifs is 1. The molecule has 2 amide bonds. The zero-order valence-corrected chi connectivity index (χ0v) is 11.4. The number of hydrogen-bond acceptors (Lipinski definition) is 4. The molecule has 0 bridgehead atoms. The molecule has 0 radical (unpaired) electrons. The lowest BCUT2D eigenvalue weighted by Crippen LogP contribution is -2.46. The number of amides is 2. The van der Waals surface area contributed by atoms with Crippen LogP contribution in [0.2, 0.25) is 0 Å². The molecule has 0 saturated heterocycles. The fraction of sp³-hybridized carbons (Fsp3) is 0.214. The van der Waals surface area contributed by atoms with Gasteiger partial charge in [-0.05, 0) is 17.7 Å². The van der Waals surface area contributed by atoms with Gasteiger partial charge in [0.1, 0.15) is 0 Å². The van der Waals surface area contributed by atoms with Gasteiger partial charge in [-0.3, -0.25) is 14.5 Å². The second kappa shape index (κ2) is 5.46. The van der Waals surface area contributed by atoms with Gasteiger partial charge in [-0.15, -0.1) is 11.6 Å². The van der Waals surface area contributed by atoms with Crippen molar-refractivity contribution in [3.05, 3.63) is 47.5 Å². The van der Waals surface area contributed by atoms with Gasteiger partial charge in [0, 0.05) is 5.88 Å². The molecule has 0 aliphatic carbocycles. The summed E-state index contributed by atoms with van der Waals surface area (Å²) in [6.45, 7) is 0.859. The molecule has 0 fully saturated rings. The first-order chi connectivity index (χ1) is 10.1. The number of carbonyl (C=O) groups excluding carboxylic acids is 3. The molecular formula is C14H12ClNO4. The van der Waals surface area contributed by atoms with Crippen LogP contribution in [0.4, 0.5) is 0 Å². The molecule has 0 unspecified atom stereocenters. The smallest absolute Gasteiger partial charge is 0.333 e. The van der Waals surface area contributed by atoms with Crippen molar-refractivity contribution in [1.82, 2.24) is 4.90 Å². The highest BCUT2D eigenvalue weighted by Crippen LogP contribution is 2.27. The monoisotopic (exact) mass is 294 g/mol. The average molecular weight is 295 g/mol. The van der Waals surface area contributed by atoms with Gasteiger partial charge in [-0.25, -0.2) is 4.79 Å². The van der Waals surface area contributed by atoms with E-state index >= 15 is 0 Å². The number of benzene rings is 1. The number of nitrogens with zero attached hydrogens (tertiary/aromatic N) is 1. The minimum absolute atomic E-state index is 0.109. The minimum atomic E-state index is -1.32. The Kier molecular flexibility index (Phi) is 3.52. The molecule has 1 aromatic rings. The Morgan fingerprint density at radius 2 is 1.95 bits per heavy atom. The van der Waals surface area contributed by atoms with Crippen LogP contribution in [0.1, 0.15) is 22.1 Å². The second-order valence-corrected chi connectivity index (χ2v) is 4.43. The summed E-state index contributed by atoms with van der Waals surface area (Å²) in [6.07, 6.45) is 0. The van der Waals surface area contributed by atoms with Crippen molar-refractivity contribution in [2.24, 2.45) is 0 Å². The number of methoxy groups -OCH3 is 1. The van der Waals surface area contributed by atoms with Gasteiger partial charge in [0.2, 0.25) is 0 Å². The first-order valence-electron chi connectivity index (χ1n) is 6.32. The number of imide groups is 1. The number of halogens is 1. The molecule has 104 valence electrons. The Morgan fingerprint density at radius 3 is 2.35 bits per heavy atom. The van der Waals surface area contributed by atoms with Crippen LogP contribution in [-0.2, 0) is 9.53 Å². The quantitative estimate of drug-likeness (QED) is 0.366. The van der Waals surface area contributed by atoms with Gasteiger partial charge in [0.15, 0.2) is 6.04 Å². The molecule has 0 saturated carbocycles. The first-order valence-corrected chi connectivity index (χ1v) is 6.28. The van der Waals surface area contributed by atoms with Crippen molar-refractivity contribution in [1.29, 1.82) is 0 Å². The summed E-state index contributed by atoms with van der Waals surface area (Å²) in [5.41, 5.74) is 0.545. The summed E-state index contributed by atoms with van der Waals surface area (Å²) < 4.78 is 11.9. The van der Waals surface area contributed by atoms with Crippen LogP contribution in [0, 0.1) is 0 Å².